The first-order valence-electron chi connectivity index (χ1n) is 6.01. The molecular formula is C14H20FNO. The Morgan fingerprint density at radius 3 is 2.59 bits per heavy atom. The van der Waals surface area contributed by atoms with E-state index in [9.17, 15) is 4.39 Å². The van der Waals surface area contributed by atoms with Crippen molar-refractivity contribution in [2.75, 3.05) is 19.8 Å². The van der Waals surface area contributed by atoms with Crippen LogP contribution >= 0.6 is 0 Å². The summed E-state index contributed by atoms with van der Waals surface area (Å²) < 4.78 is 18.7. The molecule has 1 aliphatic rings. The first-order valence-corrected chi connectivity index (χ1v) is 6.01. The molecule has 1 aliphatic heterocycles. The van der Waals surface area contributed by atoms with Gasteiger partial charge in [-0.1, -0.05) is 26.0 Å². The van der Waals surface area contributed by atoms with Crippen molar-refractivity contribution < 1.29 is 9.13 Å². The van der Waals surface area contributed by atoms with Crippen LogP contribution in [0.4, 0.5) is 4.39 Å². The van der Waals surface area contributed by atoms with Crippen molar-refractivity contribution in [1.82, 2.24) is 0 Å². The van der Waals surface area contributed by atoms with Gasteiger partial charge in [0.15, 0.2) is 0 Å². The van der Waals surface area contributed by atoms with E-state index in [1.165, 1.54) is 6.07 Å². The molecule has 2 nitrogen and oxygen atoms in total. The predicted molar refractivity (Wildman–Crippen MR) is 66.3 cm³/mol. The van der Waals surface area contributed by atoms with E-state index in [4.69, 9.17) is 10.5 Å². The van der Waals surface area contributed by atoms with Crippen LogP contribution in [0.5, 0.6) is 0 Å². The number of rotatable bonds is 4. The summed E-state index contributed by atoms with van der Waals surface area (Å²) in [6.45, 7) is 6.25. The lowest BCUT2D eigenvalue weighted by Crippen LogP contribution is -2.50. The number of nitrogens with two attached hydrogens (primary N) is 1. The molecule has 0 spiro atoms. The molecule has 1 fully saturated rings. The fraction of sp³-hybridized carbons (Fsp3) is 0.571. The van der Waals surface area contributed by atoms with Crippen molar-refractivity contribution in [2.24, 2.45) is 11.1 Å². The minimum Gasteiger partial charge on any atom is -0.379 e. The molecule has 0 aliphatic carbocycles. The third kappa shape index (κ3) is 2.50. The van der Waals surface area contributed by atoms with Crippen LogP contribution in [0, 0.1) is 11.2 Å². The summed E-state index contributed by atoms with van der Waals surface area (Å²) in [5.74, 6) is -0.181. The molecule has 0 aromatic heterocycles. The molecule has 0 unspecified atom stereocenters. The molecule has 0 saturated carbocycles. The van der Waals surface area contributed by atoms with Gasteiger partial charge in [-0.3, -0.25) is 0 Å². The van der Waals surface area contributed by atoms with Crippen molar-refractivity contribution in [1.29, 1.82) is 0 Å². The molecule has 1 heterocycles. The Balaban J connectivity index is 2.26. The lowest BCUT2D eigenvalue weighted by molar-refractivity contribution is -0.0787. The van der Waals surface area contributed by atoms with Crippen LogP contribution in [0.25, 0.3) is 0 Å². The van der Waals surface area contributed by atoms with E-state index in [1.807, 2.05) is 6.07 Å². The Hall–Kier alpha value is -0.930. The van der Waals surface area contributed by atoms with Crippen molar-refractivity contribution in [2.45, 2.75) is 25.7 Å². The van der Waals surface area contributed by atoms with Crippen LogP contribution in [0.1, 0.15) is 25.8 Å². The average molecular weight is 237 g/mol. The Kier molecular flexibility index (Phi) is 3.23. The summed E-state index contributed by atoms with van der Waals surface area (Å²) in [6, 6.07) is 6.85. The predicted octanol–water partition coefficient (Wildman–Crippen LogP) is 2.47. The fourth-order valence-corrected chi connectivity index (χ4v) is 2.53. The first-order chi connectivity index (χ1) is 7.97. The first kappa shape index (κ1) is 12.5. The molecule has 0 bridgehead atoms. The normalized spacial score (nSPS) is 18.8. The van der Waals surface area contributed by atoms with E-state index in [-0.39, 0.29) is 16.6 Å². The summed E-state index contributed by atoms with van der Waals surface area (Å²) in [4.78, 5) is 0. The molecule has 3 heteroatoms. The largest absolute Gasteiger partial charge is 0.379 e. The molecule has 1 aromatic carbocycles. The Morgan fingerprint density at radius 2 is 2.12 bits per heavy atom. The smallest absolute Gasteiger partial charge is 0.123 e. The van der Waals surface area contributed by atoms with E-state index in [0.717, 1.165) is 12.0 Å². The van der Waals surface area contributed by atoms with Gasteiger partial charge in [0.1, 0.15) is 5.82 Å². The third-order valence-electron chi connectivity index (χ3n) is 3.56. The van der Waals surface area contributed by atoms with Gasteiger partial charge in [-0.05, 0) is 36.1 Å². The summed E-state index contributed by atoms with van der Waals surface area (Å²) in [6.07, 6.45) is 0.931. The standard InChI is InChI=1S/C14H20FNO/c1-13(2,8-16)7-14(9-17-10-14)11-4-3-5-12(15)6-11/h3-6H,7-10,16H2,1-2H3. The molecule has 1 aromatic rings. The quantitative estimate of drug-likeness (QED) is 0.873. The number of hydrogen-bond acceptors (Lipinski definition) is 2. The highest BCUT2D eigenvalue weighted by Crippen LogP contribution is 2.42. The number of benzene rings is 1. The van der Waals surface area contributed by atoms with Gasteiger partial charge in [0, 0.05) is 5.41 Å². The van der Waals surface area contributed by atoms with Gasteiger partial charge in [-0.25, -0.2) is 4.39 Å². The topological polar surface area (TPSA) is 35.2 Å². The Bertz CT molecular complexity index is 399. The zero-order valence-corrected chi connectivity index (χ0v) is 10.5. The number of halogens is 1. The number of ether oxygens (including phenoxy) is 1. The zero-order valence-electron chi connectivity index (χ0n) is 10.5. The second-order valence-corrected chi connectivity index (χ2v) is 5.83. The highest BCUT2D eigenvalue weighted by atomic mass is 19.1. The van der Waals surface area contributed by atoms with Crippen molar-refractivity contribution in [3.05, 3.63) is 35.6 Å². The summed E-state index contributed by atoms with van der Waals surface area (Å²) in [7, 11) is 0. The van der Waals surface area contributed by atoms with Gasteiger partial charge in [0.05, 0.1) is 13.2 Å². The summed E-state index contributed by atoms with van der Waals surface area (Å²) in [5.41, 5.74) is 6.82. The van der Waals surface area contributed by atoms with E-state index >= 15 is 0 Å². The van der Waals surface area contributed by atoms with Gasteiger partial charge in [0.25, 0.3) is 0 Å². The summed E-state index contributed by atoms with van der Waals surface area (Å²) in [5, 5.41) is 0. The van der Waals surface area contributed by atoms with E-state index in [1.54, 1.807) is 12.1 Å². The maximum absolute atomic E-state index is 13.3. The van der Waals surface area contributed by atoms with E-state index < -0.39 is 0 Å². The monoisotopic (exact) mass is 237 g/mol. The second kappa shape index (κ2) is 4.39. The minimum absolute atomic E-state index is 0.0506. The van der Waals surface area contributed by atoms with Gasteiger partial charge < -0.3 is 10.5 Å². The molecule has 2 N–H and O–H groups in total. The van der Waals surface area contributed by atoms with Gasteiger partial charge in [-0.2, -0.15) is 0 Å². The van der Waals surface area contributed by atoms with Crippen LogP contribution in [0.15, 0.2) is 24.3 Å². The van der Waals surface area contributed by atoms with Crippen LogP contribution in [-0.2, 0) is 10.2 Å². The molecule has 0 radical (unpaired) electrons. The molecule has 17 heavy (non-hydrogen) atoms. The SMILES string of the molecule is CC(C)(CN)CC1(c2cccc(F)c2)COC1. The molecule has 0 amide bonds. The Labute approximate surface area is 102 Å². The molecule has 1 saturated heterocycles. The fourth-order valence-electron chi connectivity index (χ4n) is 2.53. The zero-order chi connectivity index (χ0) is 12.5. The van der Waals surface area contributed by atoms with Crippen molar-refractivity contribution in [3.63, 3.8) is 0 Å². The second-order valence-electron chi connectivity index (χ2n) is 5.83. The molecular weight excluding hydrogens is 217 g/mol. The van der Waals surface area contributed by atoms with Crippen LogP contribution < -0.4 is 5.73 Å². The van der Waals surface area contributed by atoms with Crippen molar-refractivity contribution >= 4 is 0 Å². The van der Waals surface area contributed by atoms with E-state index in [2.05, 4.69) is 13.8 Å². The molecule has 94 valence electrons. The van der Waals surface area contributed by atoms with Gasteiger partial charge in [-0.15, -0.1) is 0 Å². The molecule has 2 rings (SSSR count). The third-order valence-corrected chi connectivity index (χ3v) is 3.56. The van der Waals surface area contributed by atoms with Gasteiger partial charge >= 0.3 is 0 Å². The lowest BCUT2D eigenvalue weighted by Gasteiger charge is -2.46. The Morgan fingerprint density at radius 1 is 1.41 bits per heavy atom. The highest BCUT2D eigenvalue weighted by molar-refractivity contribution is 5.29. The van der Waals surface area contributed by atoms with Crippen LogP contribution in [-0.4, -0.2) is 19.8 Å². The van der Waals surface area contributed by atoms with Crippen molar-refractivity contribution in [3.8, 4) is 0 Å². The van der Waals surface area contributed by atoms with Crippen LogP contribution in [0.3, 0.4) is 0 Å². The minimum atomic E-state index is -0.181. The summed E-state index contributed by atoms with van der Waals surface area (Å²) >= 11 is 0. The lowest BCUT2D eigenvalue weighted by atomic mass is 9.68. The highest BCUT2D eigenvalue weighted by Gasteiger charge is 2.43. The molecule has 0 atom stereocenters. The maximum Gasteiger partial charge on any atom is 0.123 e. The van der Waals surface area contributed by atoms with Gasteiger partial charge in [0.2, 0.25) is 0 Å². The van der Waals surface area contributed by atoms with E-state index in [0.29, 0.717) is 19.8 Å². The number of hydrogen-bond donors (Lipinski definition) is 1. The maximum atomic E-state index is 13.3. The van der Waals surface area contributed by atoms with Crippen LogP contribution in [0.2, 0.25) is 0 Å². The average Bonchev–Trinajstić information content (AvgIpc) is 2.24.